The van der Waals surface area contributed by atoms with Crippen LogP contribution in [0.25, 0.3) is 31.5 Å². The molecule has 12 nitrogen and oxygen atoms in total. The third-order valence-corrected chi connectivity index (χ3v) is 12.2. The van der Waals surface area contributed by atoms with Crippen LogP contribution >= 0.6 is 23.2 Å². The number of aryl methyl sites for hydroxylation is 2. The van der Waals surface area contributed by atoms with Crippen LogP contribution in [0.15, 0.2) is 73.1 Å². The van der Waals surface area contributed by atoms with Crippen molar-refractivity contribution in [1.82, 2.24) is 14.9 Å². The first-order chi connectivity index (χ1) is 30.7. The van der Waals surface area contributed by atoms with Crippen molar-refractivity contribution in [1.29, 1.82) is 0 Å². The van der Waals surface area contributed by atoms with Gasteiger partial charge in [-0.15, -0.1) is 0 Å². The highest BCUT2D eigenvalue weighted by atomic mass is 35.5. The standard InChI is InChI=1S/C25H28ClN5O.C24H25ClN4O2/c1-5-18-16-29-25-20(24(18)28-15-17-6-7-23(32-4)21(26)12-17)13-19(27-2)14-22(25)31-10-8-30(3)9-11-31;1-4-17-15-28-24-19(12-18(26-2)13-21(24)29-7-9-31-10-8-29)23(17)27-14-16-5-6-22(30-3)20(25)11-16/h6-7,12-14,16H,5,8-11,15H2,1,3-4H3,(H,28,29);5-6,11-13,15H,4,7-10,14H2,1,3H3,(H,27,28). The number of hydrogen-bond donors (Lipinski definition) is 2. The van der Waals surface area contributed by atoms with Crippen molar-refractivity contribution < 1.29 is 14.2 Å². The predicted octanol–water partition coefficient (Wildman–Crippen LogP) is 10.8. The van der Waals surface area contributed by atoms with Gasteiger partial charge >= 0.3 is 0 Å². The lowest BCUT2D eigenvalue weighted by atomic mass is 10.0. The Labute approximate surface area is 380 Å². The van der Waals surface area contributed by atoms with Crippen LogP contribution in [0.1, 0.15) is 36.1 Å². The number of ether oxygens (including phenoxy) is 3. The van der Waals surface area contributed by atoms with Gasteiger partial charge in [0.05, 0.1) is 73.0 Å². The van der Waals surface area contributed by atoms with E-state index in [1.54, 1.807) is 14.2 Å². The van der Waals surface area contributed by atoms with Crippen LogP contribution in [0.4, 0.5) is 34.1 Å². The monoisotopic (exact) mass is 885 g/mol. The topological polar surface area (TPSA) is 96.0 Å². The normalized spacial score (nSPS) is 14.1. The minimum atomic E-state index is 0.585. The third kappa shape index (κ3) is 10.3. The molecule has 4 heterocycles. The summed E-state index contributed by atoms with van der Waals surface area (Å²) in [5.74, 6) is 1.32. The number of morpholine rings is 1. The predicted molar refractivity (Wildman–Crippen MR) is 258 cm³/mol. The van der Waals surface area contributed by atoms with E-state index in [4.69, 9.17) is 60.5 Å². The Kier molecular flexibility index (Phi) is 14.9. The van der Waals surface area contributed by atoms with Gasteiger partial charge in [-0.2, -0.15) is 0 Å². The van der Waals surface area contributed by atoms with Crippen LogP contribution < -0.4 is 29.9 Å². The van der Waals surface area contributed by atoms with Crippen LogP contribution in [0.3, 0.4) is 0 Å². The van der Waals surface area contributed by atoms with Crippen LogP contribution in [0, 0.1) is 13.1 Å². The highest BCUT2D eigenvalue weighted by Gasteiger charge is 2.21. The molecule has 0 amide bonds. The maximum Gasteiger partial charge on any atom is 0.190 e. The van der Waals surface area contributed by atoms with Gasteiger partial charge in [-0.05, 0) is 90.7 Å². The number of methoxy groups -OCH3 is 2. The second-order valence-electron chi connectivity index (χ2n) is 15.5. The van der Waals surface area contributed by atoms with Gasteiger partial charge in [-0.1, -0.05) is 49.2 Å². The summed E-state index contributed by atoms with van der Waals surface area (Å²) in [7, 11) is 5.36. The minimum absolute atomic E-state index is 0.585. The molecule has 0 spiro atoms. The average molecular weight is 887 g/mol. The fraction of sp³-hybridized carbons (Fsp3) is 0.347. The van der Waals surface area contributed by atoms with Crippen LogP contribution in [-0.2, 0) is 30.7 Å². The Morgan fingerprint density at radius 3 is 1.49 bits per heavy atom. The van der Waals surface area contributed by atoms with Gasteiger partial charge in [0.2, 0.25) is 0 Å². The molecule has 4 aromatic carbocycles. The molecule has 0 unspecified atom stereocenters. The number of piperazine rings is 1. The van der Waals surface area contributed by atoms with Crippen molar-refractivity contribution in [2.45, 2.75) is 39.8 Å². The van der Waals surface area contributed by atoms with Crippen molar-refractivity contribution in [2.75, 3.05) is 94.2 Å². The Balaban J connectivity index is 0.000000189. The van der Waals surface area contributed by atoms with Gasteiger partial charge in [0.25, 0.3) is 0 Å². The Bertz CT molecular complexity index is 2670. The van der Waals surface area contributed by atoms with E-state index in [1.807, 2.05) is 73.1 Å². The number of rotatable bonds is 12. The van der Waals surface area contributed by atoms with Gasteiger partial charge in [0.1, 0.15) is 11.5 Å². The van der Waals surface area contributed by atoms with Crippen LogP contribution in [-0.4, -0.2) is 88.6 Å². The van der Waals surface area contributed by atoms with E-state index in [0.717, 1.165) is 119 Å². The highest BCUT2D eigenvalue weighted by molar-refractivity contribution is 6.32. The molecule has 2 N–H and O–H groups in total. The summed E-state index contributed by atoms with van der Waals surface area (Å²) in [6.07, 6.45) is 5.58. The Morgan fingerprint density at radius 1 is 0.651 bits per heavy atom. The maximum absolute atomic E-state index is 7.66. The lowest BCUT2D eigenvalue weighted by molar-refractivity contribution is 0.123. The first-order valence-corrected chi connectivity index (χ1v) is 22.0. The fourth-order valence-corrected chi connectivity index (χ4v) is 8.62. The summed E-state index contributed by atoms with van der Waals surface area (Å²) in [6.45, 7) is 27.5. The van der Waals surface area contributed by atoms with Crippen molar-refractivity contribution >= 4 is 79.1 Å². The fourth-order valence-electron chi connectivity index (χ4n) is 8.06. The lowest BCUT2D eigenvalue weighted by Crippen LogP contribution is -2.44. The lowest BCUT2D eigenvalue weighted by Gasteiger charge is -2.34. The zero-order valence-corrected chi connectivity index (χ0v) is 38.0. The molecule has 6 aromatic rings. The van der Waals surface area contributed by atoms with Crippen molar-refractivity contribution in [3.63, 3.8) is 0 Å². The quantitative estimate of drug-likeness (QED) is 0.116. The number of fused-ring (bicyclic) bond motifs is 2. The summed E-state index contributed by atoms with van der Waals surface area (Å²) in [5, 5.41) is 10.3. The SMILES string of the molecule is [C-]#[N+]c1cc(N2CCN(C)CC2)c2ncc(CC)c(NCc3ccc(OC)c(Cl)c3)c2c1.[C-]#[N+]c1cc(N2CCOCC2)c2ncc(CC)c(NCc3ccc(OC)c(Cl)c3)c2c1. The van der Waals surface area contributed by atoms with Gasteiger partial charge < -0.3 is 39.5 Å². The van der Waals surface area contributed by atoms with Crippen LogP contribution in [0.5, 0.6) is 11.5 Å². The largest absolute Gasteiger partial charge is 0.495 e. The number of halogens is 2. The second kappa shape index (κ2) is 20.9. The molecule has 63 heavy (non-hydrogen) atoms. The molecule has 326 valence electrons. The van der Waals surface area contributed by atoms with E-state index in [1.165, 1.54) is 0 Å². The van der Waals surface area contributed by atoms with E-state index in [2.05, 4.69) is 55.9 Å². The number of nitrogens with one attached hydrogen (secondary N) is 2. The summed E-state index contributed by atoms with van der Waals surface area (Å²) in [5.41, 5.74) is 11.5. The van der Waals surface area contributed by atoms with Gasteiger partial charge in [-0.25, -0.2) is 9.69 Å². The minimum Gasteiger partial charge on any atom is -0.495 e. The molecule has 2 fully saturated rings. The molecule has 8 rings (SSSR count). The highest BCUT2D eigenvalue weighted by Crippen LogP contribution is 2.39. The molecule has 2 aliphatic rings. The zero-order chi connectivity index (χ0) is 44.5. The molecule has 0 bridgehead atoms. The summed E-state index contributed by atoms with van der Waals surface area (Å²) in [4.78, 5) is 24.1. The summed E-state index contributed by atoms with van der Waals surface area (Å²) in [6, 6.07) is 19.4. The smallest absolute Gasteiger partial charge is 0.190 e. The Morgan fingerprint density at radius 2 is 1.10 bits per heavy atom. The number of likely N-dealkylation sites (N-methyl/N-ethyl adjacent to an activating group) is 1. The van der Waals surface area contributed by atoms with Gasteiger partial charge in [0.15, 0.2) is 11.4 Å². The molecule has 0 radical (unpaired) electrons. The molecule has 0 saturated carbocycles. The van der Waals surface area contributed by atoms with Crippen molar-refractivity contribution in [3.8, 4) is 11.5 Å². The maximum atomic E-state index is 7.66. The van der Waals surface area contributed by atoms with E-state index in [9.17, 15) is 0 Å². The molecule has 14 heteroatoms. The molecule has 2 aliphatic heterocycles. The number of pyridine rings is 2. The second-order valence-corrected chi connectivity index (χ2v) is 16.3. The van der Waals surface area contributed by atoms with E-state index >= 15 is 0 Å². The molecular weight excluding hydrogens is 834 g/mol. The Hall–Kier alpha value is -6.02. The molecule has 0 atom stereocenters. The third-order valence-electron chi connectivity index (χ3n) is 11.6. The van der Waals surface area contributed by atoms with E-state index < -0.39 is 0 Å². The molecule has 2 aromatic heterocycles. The van der Waals surface area contributed by atoms with Crippen LogP contribution in [0.2, 0.25) is 10.0 Å². The number of benzene rings is 4. The number of aromatic nitrogens is 2. The number of anilines is 4. The summed E-state index contributed by atoms with van der Waals surface area (Å²) < 4.78 is 16.0. The van der Waals surface area contributed by atoms with E-state index in [0.29, 0.717) is 59.2 Å². The first-order valence-electron chi connectivity index (χ1n) is 21.2. The zero-order valence-electron chi connectivity index (χ0n) is 36.5. The molecule has 0 aliphatic carbocycles. The van der Waals surface area contributed by atoms with E-state index in [-0.39, 0.29) is 0 Å². The average Bonchev–Trinajstić information content (AvgIpc) is 3.32. The molecular formula is C49H53Cl2N9O3. The van der Waals surface area contributed by atoms with Gasteiger partial charge in [0, 0.05) is 86.9 Å². The number of hydrogen-bond acceptors (Lipinski definition) is 10. The number of nitrogens with zero attached hydrogens (tertiary/aromatic N) is 7. The van der Waals surface area contributed by atoms with Crippen molar-refractivity contribution in [3.05, 3.63) is 128 Å². The first kappa shape index (κ1) is 45.0. The summed E-state index contributed by atoms with van der Waals surface area (Å²) >= 11 is 12.6. The molecule has 2 saturated heterocycles. The van der Waals surface area contributed by atoms with Crippen molar-refractivity contribution in [2.24, 2.45) is 0 Å². The van der Waals surface area contributed by atoms with Gasteiger partial charge in [-0.3, -0.25) is 9.97 Å².